The second-order valence-electron chi connectivity index (χ2n) is 5.20. The summed E-state index contributed by atoms with van der Waals surface area (Å²) in [5.74, 6) is -2.37. The minimum absolute atomic E-state index is 0.0506. The van der Waals surface area contributed by atoms with E-state index >= 15 is 0 Å². The highest BCUT2D eigenvalue weighted by molar-refractivity contribution is 7.93. The molecule has 3 rings (SSSR count). The second kappa shape index (κ2) is 5.34. The molecular weight excluding hydrogens is 327 g/mol. The first kappa shape index (κ1) is 15.5. The van der Waals surface area contributed by atoms with Gasteiger partial charge in [-0.3, -0.25) is 0 Å². The Morgan fingerprint density at radius 2 is 1.96 bits per heavy atom. The first-order valence-corrected chi connectivity index (χ1v) is 8.29. The molecule has 0 saturated heterocycles. The Morgan fingerprint density at radius 1 is 1.35 bits per heavy atom. The van der Waals surface area contributed by atoms with Crippen molar-refractivity contribution in [2.45, 2.75) is 18.1 Å². The van der Waals surface area contributed by atoms with Gasteiger partial charge in [-0.2, -0.15) is 4.98 Å². The summed E-state index contributed by atoms with van der Waals surface area (Å²) < 4.78 is 43.4. The van der Waals surface area contributed by atoms with Gasteiger partial charge in [-0.25, -0.2) is 21.9 Å². The van der Waals surface area contributed by atoms with Crippen molar-refractivity contribution in [3.63, 3.8) is 0 Å². The van der Waals surface area contributed by atoms with E-state index in [1.807, 2.05) is 0 Å². The minimum Gasteiger partial charge on any atom is -0.475 e. The number of carbonyl (C=O) groups is 1. The van der Waals surface area contributed by atoms with Crippen LogP contribution in [0.2, 0.25) is 0 Å². The standard InChI is InChI=1S/C14H13FN2O5S/c1-17(23(20,21)10-6-7-10)14-16-11(12(22-14)13(18)19)8-2-4-9(15)5-3-8/h2-5,10H,6-7H2,1H3,(H,18,19). The lowest BCUT2D eigenvalue weighted by Crippen LogP contribution is -2.30. The highest BCUT2D eigenvalue weighted by atomic mass is 32.2. The summed E-state index contributed by atoms with van der Waals surface area (Å²) in [5.41, 5.74) is 0.265. The first-order chi connectivity index (χ1) is 10.8. The molecule has 0 atom stereocenters. The van der Waals surface area contributed by atoms with Crippen LogP contribution in [0.15, 0.2) is 28.7 Å². The van der Waals surface area contributed by atoms with Gasteiger partial charge in [0.05, 0.1) is 5.25 Å². The molecule has 1 saturated carbocycles. The maximum absolute atomic E-state index is 13.0. The van der Waals surface area contributed by atoms with Gasteiger partial charge in [-0.15, -0.1) is 0 Å². The van der Waals surface area contributed by atoms with E-state index < -0.39 is 32.8 Å². The molecule has 9 heteroatoms. The molecular formula is C14H13FN2O5S. The predicted molar refractivity (Wildman–Crippen MR) is 79.2 cm³/mol. The van der Waals surface area contributed by atoms with Gasteiger partial charge in [0, 0.05) is 12.6 Å². The van der Waals surface area contributed by atoms with Gasteiger partial charge < -0.3 is 9.52 Å². The van der Waals surface area contributed by atoms with Crippen molar-refractivity contribution in [2.24, 2.45) is 0 Å². The molecule has 1 aliphatic rings. The van der Waals surface area contributed by atoms with E-state index in [-0.39, 0.29) is 11.7 Å². The lowest BCUT2D eigenvalue weighted by atomic mass is 10.1. The number of aromatic nitrogens is 1. The van der Waals surface area contributed by atoms with E-state index in [4.69, 9.17) is 4.42 Å². The van der Waals surface area contributed by atoms with E-state index in [0.29, 0.717) is 18.4 Å². The van der Waals surface area contributed by atoms with E-state index in [9.17, 15) is 22.7 Å². The van der Waals surface area contributed by atoms with Crippen LogP contribution in [0, 0.1) is 5.82 Å². The maximum Gasteiger partial charge on any atom is 0.374 e. The Kier molecular flexibility index (Phi) is 3.59. The number of aromatic carboxylic acids is 1. The Morgan fingerprint density at radius 3 is 2.48 bits per heavy atom. The number of rotatable bonds is 5. The fourth-order valence-corrected chi connectivity index (χ4v) is 3.57. The Labute approximate surface area is 131 Å². The number of halogens is 1. The fraction of sp³-hybridized carbons (Fsp3) is 0.286. The van der Waals surface area contributed by atoms with Crippen LogP contribution >= 0.6 is 0 Å². The molecule has 0 bridgehead atoms. The molecule has 1 fully saturated rings. The minimum atomic E-state index is -3.61. The molecule has 0 spiro atoms. The zero-order chi connectivity index (χ0) is 16.8. The lowest BCUT2D eigenvalue weighted by molar-refractivity contribution is 0.0664. The monoisotopic (exact) mass is 340 g/mol. The summed E-state index contributed by atoms with van der Waals surface area (Å²) in [7, 11) is -2.35. The van der Waals surface area contributed by atoms with Crippen molar-refractivity contribution in [3.05, 3.63) is 35.8 Å². The SMILES string of the molecule is CN(c1nc(-c2ccc(F)cc2)c(C(=O)O)o1)S(=O)(=O)C1CC1. The van der Waals surface area contributed by atoms with Gasteiger partial charge in [0.15, 0.2) is 0 Å². The van der Waals surface area contributed by atoms with E-state index in [2.05, 4.69) is 4.98 Å². The number of oxazole rings is 1. The number of sulfonamides is 1. The van der Waals surface area contributed by atoms with Crippen LogP contribution in [0.5, 0.6) is 0 Å². The van der Waals surface area contributed by atoms with Gasteiger partial charge >= 0.3 is 12.0 Å². The van der Waals surface area contributed by atoms with Crippen LogP contribution in [0.3, 0.4) is 0 Å². The predicted octanol–water partition coefficient (Wildman–Crippen LogP) is 2.11. The molecule has 122 valence electrons. The third-order valence-electron chi connectivity index (χ3n) is 3.52. The van der Waals surface area contributed by atoms with E-state index in [1.54, 1.807) is 0 Å². The molecule has 1 aromatic heterocycles. The Bertz CT molecular complexity index is 856. The molecule has 1 aromatic carbocycles. The molecule has 0 amide bonds. The van der Waals surface area contributed by atoms with E-state index in [0.717, 1.165) is 16.4 Å². The highest BCUT2D eigenvalue weighted by Gasteiger charge is 2.41. The van der Waals surface area contributed by atoms with Crippen molar-refractivity contribution in [2.75, 3.05) is 11.4 Å². The Balaban J connectivity index is 2.05. The largest absolute Gasteiger partial charge is 0.475 e. The summed E-state index contributed by atoms with van der Waals surface area (Å²) in [6.45, 7) is 0. The van der Waals surface area contributed by atoms with Crippen LogP contribution in [-0.2, 0) is 10.0 Å². The third-order valence-corrected chi connectivity index (χ3v) is 5.76. The number of nitrogens with zero attached hydrogens (tertiary/aromatic N) is 2. The fourth-order valence-electron chi connectivity index (χ4n) is 2.09. The summed E-state index contributed by atoms with van der Waals surface area (Å²) in [6.07, 6.45) is 1.12. The lowest BCUT2D eigenvalue weighted by Gasteiger charge is -2.13. The van der Waals surface area contributed by atoms with Gasteiger partial charge in [0.1, 0.15) is 11.5 Å². The van der Waals surface area contributed by atoms with Crippen LogP contribution in [0.4, 0.5) is 10.4 Å². The number of hydrogen-bond donors (Lipinski definition) is 1. The molecule has 1 heterocycles. The average Bonchev–Trinajstić information content (AvgIpc) is 3.27. The quantitative estimate of drug-likeness (QED) is 0.894. The molecule has 7 nitrogen and oxygen atoms in total. The molecule has 0 unspecified atom stereocenters. The third kappa shape index (κ3) is 2.79. The second-order valence-corrected chi connectivity index (χ2v) is 7.44. The Hall–Kier alpha value is -2.42. The molecule has 1 N–H and O–H groups in total. The average molecular weight is 340 g/mol. The molecule has 23 heavy (non-hydrogen) atoms. The zero-order valence-electron chi connectivity index (χ0n) is 12.1. The van der Waals surface area contributed by atoms with Crippen LogP contribution in [-0.4, -0.2) is 36.8 Å². The molecule has 2 aromatic rings. The van der Waals surface area contributed by atoms with Crippen molar-refractivity contribution in [3.8, 4) is 11.3 Å². The number of benzene rings is 1. The number of hydrogen-bond acceptors (Lipinski definition) is 5. The van der Waals surface area contributed by atoms with Gasteiger partial charge in [-0.1, -0.05) is 0 Å². The molecule has 1 aliphatic carbocycles. The van der Waals surface area contributed by atoms with Gasteiger partial charge in [0.2, 0.25) is 15.8 Å². The van der Waals surface area contributed by atoms with Crippen molar-refractivity contribution >= 4 is 22.0 Å². The normalized spacial score (nSPS) is 14.7. The molecule has 0 radical (unpaired) electrons. The van der Waals surface area contributed by atoms with Crippen molar-refractivity contribution < 1.29 is 27.1 Å². The summed E-state index contributed by atoms with van der Waals surface area (Å²) in [5, 5.41) is 8.74. The van der Waals surface area contributed by atoms with Crippen LogP contribution in [0.1, 0.15) is 23.4 Å². The first-order valence-electron chi connectivity index (χ1n) is 6.78. The number of anilines is 1. The summed E-state index contributed by atoms with van der Waals surface area (Å²) in [4.78, 5) is 15.3. The van der Waals surface area contributed by atoms with E-state index in [1.165, 1.54) is 19.2 Å². The van der Waals surface area contributed by atoms with Crippen molar-refractivity contribution in [1.29, 1.82) is 0 Å². The summed E-state index contributed by atoms with van der Waals surface area (Å²) in [6, 6.07) is 4.67. The maximum atomic E-state index is 13.0. The number of carboxylic acids is 1. The highest BCUT2D eigenvalue weighted by Crippen LogP contribution is 2.34. The summed E-state index contributed by atoms with van der Waals surface area (Å²) >= 11 is 0. The number of carboxylic acid groups (broad SMARTS) is 1. The van der Waals surface area contributed by atoms with Crippen molar-refractivity contribution in [1.82, 2.24) is 4.98 Å². The van der Waals surface area contributed by atoms with Crippen LogP contribution in [0.25, 0.3) is 11.3 Å². The van der Waals surface area contributed by atoms with Gasteiger partial charge in [0.25, 0.3) is 0 Å². The van der Waals surface area contributed by atoms with Gasteiger partial charge in [-0.05, 0) is 37.1 Å². The zero-order valence-corrected chi connectivity index (χ0v) is 12.9. The smallest absolute Gasteiger partial charge is 0.374 e. The topological polar surface area (TPSA) is 101 Å². The molecule has 0 aliphatic heterocycles. The van der Waals surface area contributed by atoms with Crippen LogP contribution < -0.4 is 4.31 Å².